The van der Waals surface area contributed by atoms with Gasteiger partial charge in [0.2, 0.25) is 0 Å². The largest absolute Gasteiger partial charge is 0.0767 e. The Morgan fingerprint density at radius 2 is 1.19 bits per heavy atom. The van der Waals surface area contributed by atoms with Gasteiger partial charge in [-0.25, -0.2) is 0 Å². The van der Waals surface area contributed by atoms with Crippen molar-refractivity contribution < 1.29 is 26.4 Å². The summed E-state index contributed by atoms with van der Waals surface area (Å²) >= 11 is 0. The summed E-state index contributed by atoms with van der Waals surface area (Å²) in [4.78, 5) is 9.58. The van der Waals surface area contributed by atoms with Crippen molar-refractivity contribution in [3.8, 4) is 0 Å². The third-order valence-electron chi connectivity index (χ3n) is 0.829. The van der Waals surface area contributed by atoms with Crippen molar-refractivity contribution in [3.05, 3.63) is 48.9 Å². The van der Waals surface area contributed by atoms with Crippen molar-refractivity contribution in [2.75, 3.05) is 0 Å². The molecule has 4 nitrogen and oxygen atoms in total. The number of allylic oxidation sites excluding steroid dienone is 4. The van der Waals surface area contributed by atoms with Gasteiger partial charge in [0.05, 0.1) is 5.54 Å². The molecule has 2 radical (unpaired) electrons. The van der Waals surface area contributed by atoms with Crippen LogP contribution in [0.5, 0.6) is 0 Å². The smallest absolute Gasteiger partial charge is 0.00506 e. The molecule has 0 spiro atoms. The second-order valence-corrected chi connectivity index (χ2v) is 3.22. The zero-order valence-corrected chi connectivity index (χ0v) is 10.6. The average molecular weight is 263 g/mol. The van der Waals surface area contributed by atoms with Gasteiger partial charge >= 0.3 is 22.6 Å². The average Bonchev–Trinajstić information content (AvgIpc) is 2.81. The molecule has 88 valence electrons. The molecule has 16 heavy (non-hydrogen) atoms. The topological polar surface area (TPSA) is 69.2 Å². The molecule has 0 aromatic rings. The molecule has 5 heteroatoms. The van der Waals surface area contributed by atoms with E-state index >= 15 is 0 Å². The van der Waals surface area contributed by atoms with Crippen LogP contribution in [-0.2, 0) is 26.4 Å². The minimum absolute atomic E-state index is 0. The van der Waals surface area contributed by atoms with Crippen molar-refractivity contribution in [3.63, 3.8) is 0 Å². The van der Waals surface area contributed by atoms with Gasteiger partial charge in [-0.2, -0.15) is 4.91 Å². The van der Waals surface area contributed by atoms with Crippen molar-refractivity contribution >= 4 is 0 Å². The van der Waals surface area contributed by atoms with E-state index in [4.69, 9.17) is 9.30 Å². The Labute approximate surface area is 107 Å². The molecule has 0 aliphatic heterocycles. The van der Waals surface area contributed by atoms with E-state index in [2.05, 4.69) is 18.5 Å². The zero-order chi connectivity index (χ0) is 12.7. The predicted octanol–water partition coefficient (Wildman–Crippen LogP) is 2.79. The van der Waals surface area contributed by atoms with Gasteiger partial charge in [0.1, 0.15) is 0 Å². The zero-order valence-electron chi connectivity index (χ0n) is 9.44. The molecule has 1 rings (SSSR count). The Morgan fingerprint density at radius 1 is 0.938 bits per heavy atom. The third-order valence-corrected chi connectivity index (χ3v) is 0.829. The van der Waals surface area contributed by atoms with Gasteiger partial charge in [0.15, 0.2) is 0 Å². The molecule has 0 fully saturated rings. The van der Waals surface area contributed by atoms with Crippen molar-refractivity contribution in [2.45, 2.75) is 26.3 Å². The Bertz CT molecular complexity index is 221. The first-order valence-electron chi connectivity index (χ1n) is 3.98. The maximum Gasteiger partial charge on any atom is 0.00506 e. The molecule has 0 bridgehead atoms. The summed E-state index contributed by atoms with van der Waals surface area (Å²) in [5, 5.41) is 2.77. The van der Waals surface area contributed by atoms with Gasteiger partial charge in [0.25, 0.3) is 0 Å². The summed E-state index contributed by atoms with van der Waals surface area (Å²) in [7, 11) is 0. The molecule has 0 atom stereocenters. The quantitative estimate of drug-likeness (QED) is 0.287. The van der Waals surface area contributed by atoms with Gasteiger partial charge in [-0.1, -0.05) is 29.5 Å². The molecule has 0 amide bonds. The standard InChI is InChI=1S/C5H5.C4H9NO.2CO.Mn/c1-2-4-5-3-1;1-4(2,3)5-6;2*1-2;/h1-5H;1-3H3;;;. The van der Waals surface area contributed by atoms with E-state index in [1.807, 2.05) is 30.7 Å². The number of rotatable bonds is 0. The summed E-state index contributed by atoms with van der Waals surface area (Å²) in [6.45, 7) is 14.3. The summed E-state index contributed by atoms with van der Waals surface area (Å²) < 4.78 is 15.0. The summed E-state index contributed by atoms with van der Waals surface area (Å²) in [6, 6.07) is 0. The molecular formula is C11H14MnNO3. The van der Waals surface area contributed by atoms with Gasteiger partial charge in [0, 0.05) is 23.5 Å². The van der Waals surface area contributed by atoms with E-state index in [9.17, 15) is 4.91 Å². The van der Waals surface area contributed by atoms with Crippen LogP contribution < -0.4 is 0 Å². The fourth-order valence-electron chi connectivity index (χ4n) is 0.321. The minimum atomic E-state index is -0.389. The van der Waals surface area contributed by atoms with Crippen LogP contribution in [-0.4, -0.2) is 5.54 Å². The van der Waals surface area contributed by atoms with E-state index in [1.54, 1.807) is 20.8 Å². The van der Waals surface area contributed by atoms with Crippen molar-refractivity contribution in [1.82, 2.24) is 0 Å². The molecule has 0 unspecified atom stereocenters. The van der Waals surface area contributed by atoms with Gasteiger partial charge in [-0.15, -0.1) is 0 Å². The molecule has 0 aromatic carbocycles. The first-order valence-corrected chi connectivity index (χ1v) is 3.98. The van der Waals surface area contributed by atoms with Gasteiger partial charge in [-0.05, 0) is 20.8 Å². The van der Waals surface area contributed by atoms with Gasteiger partial charge < -0.3 is 0 Å². The Kier molecular flexibility index (Phi) is 29.9. The number of hydrogen-bond donors (Lipinski definition) is 0. The van der Waals surface area contributed by atoms with Crippen LogP contribution in [0.25, 0.3) is 0 Å². The van der Waals surface area contributed by atoms with E-state index in [1.165, 1.54) is 0 Å². The molecule has 0 heterocycles. The molecule has 0 N–H and O–H groups in total. The van der Waals surface area contributed by atoms with E-state index in [0.717, 1.165) is 0 Å². The fourth-order valence-corrected chi connectivity index (χ4v) is 0.321. The van der Waals surface area contributed by atoms with Crippen molar-refractivity contribution in [1.29, 1.82) is 0 Å². The van der Waals surface area contributed by atoms with Crippen LogP contribution in [0.2, 0.25) is 0 Å². The number of nitrogens with zero attached hydrogens (tertiary/aromatic N) is 1. The predicted molar refractivity (Wildman–Crippen MR) is 56.0 cm³/mol. The molecular weight excluding hydrogens is 249 g/mol. The van der Waals surface area contributed by atoms with Crippen LogP contribution >= 0.6 is 0 Å². The number of nitroso groups, excluding NO2 is 1. The van der Waals surface area contributed by atoms with Crippen LogP contribution in [0.15, 0.2) is 29.5 Å². The Hall–Kier alpha value is -0.921. The molecule has 0 saturated carbocycles. The normalized spacial score (nSPS) is 9.94. The van der Waals surface area contributed by atoms with Crippen LogP contribution in [0.1, 0.15) is 20.8 Å². The fraction of sp³-hybridized carbons (Fsp3) is 0.364. The SMILES string of the molecule is CC(C)(C)N=O.[C-]#[O+].[C-]#[O+].[CH]1C=CC=C1.[Mn]. The molecule has 1 aliphatic carbocycles. The van der Waals surface area contributed by atoms with Crippen LogP contribution in [0.4, 0.5) is 0 Å². The first-order chi connectivity index (χ1) is 7.06. The molecule has 1 aliphatic rings. The third kappa shape index (κ3) is 38.1. The van der Waals surface area contributed by atoms with Crippen LogP contribution in [0, 0.1) is 24.6 Å². The second-order valence-electron chi connectivity index (χ2n) is 3.22. The Balaban J connectivity index is -0.0000000658. The monoisotopic (exact) mass is 263 g/mol. The Morgan fingerprint density at radius 3 is 1.25 bits per heavy atom. The van der Waals surface area contributed by atoms with Gasteiger partial charge in [-0.3, -0.25) is 0 Å². The van der Waals surface area contributed by atoms with E-state index in [0.29, 0.717) is 0 Å². The summed E-state index contributed by atoms with van der Waals surface area (Å²) in [6.07, 6.45) is 10.0. The number of hydrogen-bond acceptors (Lipinski definition) is 2. The summed E-state index contributed by atoms with van der Waals surface area (Å²) in [5.74, 6) is 0. The first kappa shape index (κ1) is 24.4. The maximum absolute atomic E-state index is 9.58. The van der Waals surface area contributed by atoms with Crippen LogP contribution in [0.3, 0.4) is 0 Å². The minimum Gasteiger partial charge on any atom is -0.0767 e. The second kappa shape index (κ2) is 19.6. The molecule has 0 saturated heterocycles. The van der Waals surface area contributed by atoms with Crippen molar-refractivity contribution in [2.24, 2.45) is 5.18 Å². The maximum atomic E-state index is 9.58. The molecule has 0 aromatic heterocycles. The van der Waals surface area contributed by atoms with E-state index in [-0.39, 0.29) is 22.6 Å². The summed E-state index contributed by atoms with van der Waals surface area (Å²) in [5.41, 5.74) is -0.389. The van der Waals surface area contributed by atoms with E-state index < -0.39 is 0 Å².